The van der Waals surface area contributed by atoms with Crippen molar-refractivity contribution in [1.29, 1.82) is 0 Å². The van der Waals surface area contributed by atoms with Gasteiger partial charge in [-0.15, -0.1) is 0 Å². The Labute approximate surface area is 126 Å². The fourth-order valence-corrected chi connectivity index (χ4v) is 2.45. The Morgan fingerprint density at radius 3 is 2.60 bits per heavy atom. The number of hydrogen-bond acceptors (Lipinski definition) is 2. The van der Waals surface area contributed by atoms with Gasteiger partial charge in [-0.05, 0) is 31.2 Å². The standard InChI is InChI=1S/C16H15BrFNO/c1-11(20)14-9-13(17)7-8-16(14)19(2)10-12-5-3-4-6-15(12)18/h3-9H,10H2,1-2H3. The molecule has 0 saturated carbocycles. The van der Waals surface area contributed by atoms with Crippen LogP contribution in [-0.2, 0) is 6.54 Å². The van der Waals surface area contributed by atoms with Crippen LogP contribution >= 0.6 is 15.9 Å². The van der Waals surface area contributed by atoms with E-state index >= 15 is 0 Å². The third kappa shape index (κ3) is 3.25. The highest BCUT2D eigenvalue weighted by atomic mass is 79.9. The molecule has 0 bridgehead atoms. The van der Waals surface area contributed by atoms with Gasteiger partial charge in [0.15, 0.2) is 5.78 Å². The van der Waals surface area contributed by atoms with Gasteiger partial charge in [-0.2, -0.15) is 0 Å². The Kier molecular flexibility index (Phi) is 4.55. The SMILES string of the molecule is CC(=O)c1cc(Br)ccc1N(C)Cc1ccccc1F. The molecule has 20 heavy (non-hydrogen) atoms. The lowest BCUT2D eigenvalue weighted by atomic mass is 10.1. The van der Waals surface area contributed by atoms with Gasteiger partial charge in [-0.25, -0.2) is 4.39 Å². The quantitative estimate of drug-likeness (QED) is 0.770. The first-order valence-corrected chi connectivity index (χ1v) is 7.03. The van der Waals surface area contributed by atoms with Gasteiger partial charge in [-0.3, -0.25) is 4.79 Å². The molecule has 0 fully saturated rings. The van der Waals surface area contributed by atoms with Crippen molar-refractivity contribution in [2.24, 2.45) is 0 Å². The van der Waals surface area contributed by atoms with Crippen LogP contribution in [0.25, 0.3) is 0 Å². The number of carbonyl (C=O) groups excluding carboxylic acids is 1. The van der Waals surface area contributed by atoms with E-state index in [0.717, 1.165) is 10.2 Å². The van der Waals surface area contributed by atoms with E-state index in [1.54, 1.807) is 24.3 Å². The summed E-state index contributed by atoms with van der Waals surface area (Å²) in [6, 6.07) is 12.2. The van der Waals surface area contributed by atoms with Crippen LogP contribution in [0.15, 0.2) is 46.9 Å². The summed E-state index contributed by atoms with van der Waals surface area (Å²) in [5.41, 5.74) is 2.02. The first-order chi connectivity index (χ1) is 9.49. The zero-order valence-corrected chi connectivity index (χ0v) is 12.9. The molecule has 0 spiro atoms. The van der Waals surface area contributed by atoms with Gasteiger partial charge in [0.1, 0.15) is 5.82 Å². The Hall–Kier alpha value is -1.68. The Bertz CT molecular complexity index is 642. The van der Waals surface area contributed by atoms with Gasteiger partial charge in [0, 0.05) is 34.9 Å². The molecule has 0 aliphatic heterocycles. The fraction of sp³-hybridized carbons (Fsp3) is 0.188. The predicted molar refractivity (Wildman–Crippen MR) is 82.7 cm³/mol. The minimum absolute atomic E-state index is 0.0123. The molecule has 2 aromatic rings. The van der Waals surface area contributed by atoms with Gasteiger partial charge < -0.3 is 4.90 Å². The Balaban J connectivity index is 2.32. The van der Waals surface area contributed by atoms with Crippen LogP contribution in [-0.4, -0.2) is 12.8 Å². The molecule has 104 valence electrons. The third-order valence-corrected chi connectivity index (χ3v) is 3.61. The van der Waals surface area contributed by atoms with E-state index in [9.17, 15) is 9.18 Å². The second kappa shape index (κ2) is 6.18. The number of benzene rings is 2. The minimum atomic E-state index is -0.235. The molecular formula is C16H15BrFNO. The lowest BCUT2D eigenvalue weighted by Gasteiger charge is -2.22. The van der Waals surface area contributed by atoms with Gasteiger partial charge in [0.05, 0.1) is 0 Å². The summed E-state index contributed by atoms with van der Waals surface area (Å²) in [5, 5.41) is 0. The van der Waals surface area contributed by atoms with Gasteiger partial charge in [0.25, 0.3) is 0 Å². The van der Waals surface area contributed by atoms with Crippen molar-refractivity contribution in [1.82, 2.24) is 0 Å². The number of Topliss-reactive ketones (excluding diaryl/α,β-unsaturated/α-hetero) is 1. The molecule has 0 saturated heterocycles. The van der Waals surface area contributed by atoms with E-state index in [1.807, 2.05) is 24.1 Å². The van der Waals surface area contributed by atoms with Crippen LogP contribution in [0.4, 0.5) is 10.1 Å². The summed E-state index contributed by atoms with van der Waals surface area (Å²) in [7, 11) is 1.85. The highest BCUT2D eigenvalue weighted by Gasteiger charge is 2.13. The lowest BCUT2D eigenvalue weighted by molar-refractivity contribution is 0.101. The van der Waals surface area contributed by atoms with Gasteiger partial charge >= 0.3 is 0 Å². The summed E-state index contributed by atoms with van der Waals surface area (Å²) in [6.07, 6.45) is 0. The van der Waals surface area contributed by atoms with Crippen molar-refractivity contribution >= 4 is 27.4 Å². The summed E-state index contributed by atoms with van der Waals surface area (Å²) >= 11 is 3.36. The number of ketones is 1. The zero-order chi connectivity index (χ0) is 14.7. The summed E-state index contributed by atoms with van der Waals surface area (Å²) < 4.78 is 14.5. The number of hydrogen-bond donors (Lipinski definition) is 0. The highest BCUT2D eigenvalue weighted by Crippen LogP contribution is 2.26. The van der Waals surface area contributed by atoms with Gasteiger partial charge in [-0.1, -0.05) is 34.1 Å². The first-order valence-electron chi connectivity index (χ1n) is 6.24. The van der Waals surface area contributed by atoms with E-state index < -0.39 is 0 Å². The molecule has 0 aliphatic rings. The molecule has 0 amide bonds. The molecule has 0 radical (unpaired) electrons. The molecule has 4 heteroatoms. The number of halogens is 2. The molecule has 0 atom stereocenters. The summed E-state index contributed by atoms with van der Waals surface area (Å²) in [4.78, 5) is 13.6. The monoisotopic (exact) mass is 335 g/mol. The van der Waals surface area contributed by atoms with E-state index in [0.29, 0.717) is 17.7 Å². The molecule has 2 aromatic carbocycles. The molecule has 0 unspecified atom stereocenters. The molecule has 0 N–H and O–H groups in total. The van der Waals surface area contributed by atoms with Crippen LogP contribution in [0, 0.1) is 5.82 Å². The minimum Gasteiger partial charge on any atom is -0.370 e. The van der Waals surface area contributed by atoms with Crippen LogP contribution in [0.2, 0.25) is 0 Å². The second-order valence-corrected chi connectivity index (χ2v) is 5.58. The zero-order valence-electron chi connectivity index (χ0n) is 11.4. The smallest absolute Gasteiger partial charge is 0.161 e. The van der Waals surface area contributed by atoms with Crippen LogP contribution in [0.3, 0.4) is 0 Å². The van der Waals surface area contributed by atoms with Crippen molar-refractivity contribution in [3.8, 4) is 0 Å². The van der Waals surface area contributed by atoms with Crippen molar-refractivity contribution in [2.45, 2.75) is 13.5 Å². The van der Waals surface area contributed by atoms with E-state index in [4.69, 9.17) is 0 Å². The van der Waals surface area contributed by atoms with Crippen LogP contribution in [0.5, 0.6) is 0 Å². The molecule has 0 aromatic heterocycles. The molecule has 0 aliphatic carbocycles. The van der Waals surface area contributed by atoms with E-state index in [-0.39, 0.29) is 11.6 Å². The van der Waals surface area contributed by atoms with Crippen LogP contribution < -0.4 is 4.90 Å². The predicted octanol–water partition coefficient (Wildman–Crippen LogP) is 4.43. The maximum atomic E-state index is 13.7. The average molecular weight is 336 g/mol. The van der Waals surface area contributed by atoms with E-state index in [2.05, 4.69) is 15.9 Å². The highest BCUT2D eigenvalue weighted by molar-refractivity contribution is 9.10. The molecular weight excluding hydrogens is 321 g/mol. The summed E-state index contributed by atoms with van der Waals surface area (Å²) in [6.45, 7) is 1.94. The Morgan fingerprint density at radius 2 is 1.95 bits per heavy atom. The fourth-order valence-electron chi connectivity index (χ4n) is 2.09. The second-order valence-electron chi connectivity index (χ2n) is 4.67. The van der Waals surface area contributed by atoms with Crippen molar-refractivity contribution in [2.75, 3.05) is 11.9 Å². The molecule has 0 heterocycles. The topological polar surface area (TPSA) is 20.3 Å². The number of carbonyl (C=O) groups is 1. The van der Waals surface area contributed by atoms with Crippen molar-refractivity contribution in [3.05, 3.63) is 63.9 Å². The number of nitrogens with zero attached hydrogens (tertiary/aromatic N) is 1. The van der Waals surface area contributed by atoms with Crippen LogP contribution in [0.1, 0.15) is 22.8 Å². The maximum Gasteiger partial charge on any atom is 0.161 e. The molecule has 2 rings (SSSR count). The normalized spacial score (nSPS) is 10.4. The third-order valence-electron chi connectivity index (χ3n) is 3.11. The largest absolute Gasteiger partial charge is 0.370 e. The number of anilines is 1. The van der Waals surface area contributed by atoms with Crippen molar-refractivity contribution < 1.29 is 9.18 Å². The average Bonchev–Trinajstić information content (AvgIpc) is 2.41. The Morgan fingerprint density at radius 1 is 1.25 bits per heavy atom. The molecule has 2 nitrogen and oxygen atoms in total. The van der Waals surface area contributed by atoms with Gasteiger partial charge in [0.2, 0.25) is 0 Å². The van der Waals surface area contributed by atoms with Crippen molar-refractivity contribution in [3.63, 3.8) is 0 Å². The van der Waals surface area contributed by atoms with E-state index in [1.165, 1.54) is 13.0 Å². The first kappa shape index (κ1) is 14.7. The lowest BCUT2D eigenvalue weighted by Crippen LogP contribution is -2.19. The maximum absolute atomic E-state index is 13.7. The number of rotatable bonds is 4. The summed E-state index contributed by atoms with van der Waals surface area (Å²) in [5.74, 6) is -0.248.